The van der Waals surface area contributed by atoms with Crippen LogP contribution in [0.25, 0.3) is 22.6 Å². The number of carboxylic acids is 1. The SMILES string of the molecule is O=C(O)[C@H](Cc1cc(Cl)c(OCc2cc([N+](=O)[O-])cc3nc(-c4ccc(Cl)nc4)oc23)c(Cl)c1)NC(=O)C(F)(F)F. The van der Waals surface area contributed by atoms with Gasteiger partial charge in [0.25, 0.3) is 5.69 Å². The molecule has 4 aromatic rings. The van der Waals surface area contributed by atoms with Crippen molar-refractivity contribution in [2.45, 2.75) is 25.2 Å². The van der Waals surface area contributed by atoms with Gasteiger partial charge in [0.2, 0.25) is 5.89 Å². The van der Waals surface area contributed by atoms with Gasteiger partial charge in [-0.1, -0.05) is 34.8 Å². The molecule has 2 aromatic carbocycles. The van der Waals surface area contributed by atoms with Gasteiger partial charge in [0, 0.05) is 30.3 Å². The fraction of sp³-hybridized carbons (Fsp3) is 0.167. The third kappa shape index (κ3) is 6.96. The van der Waals surface area contributed by atoms with Crippen LogP contribution in [0.15, 0.2) is 47.0 Å². The number of hydrogen-bond donors (Lipinski definition) is 2. The van der Waals surface area contributed by atoms with Crippen molar-refractivity contribution in [3.8, 4) is 17.2 Å². The first kappa shape index (κ1) is 29.8. The molecule has 0 unspecified atom stereocenters. The van der Waals surface area contributed by atoms with E-state index in [0.29, 0.717) is 5.56 Å². The molecule has 0 radical (unpaired) electrons. The van der Waals surface area contributed by atoms with E-state index in [1.54, 1.807) is 6.07 Å². The number of nitro groups is 1. The normalized spacial score (nSPS) is 12.2. The summed E-state index contributed by atoms with van der Waals surface area (Å²) >= 11 is 18.3. The summed E-state index contributed by atoms with van der Waals surface area (Å²) in [5.41, 5.74) is 0.736. The van der Waals surface area contributed by atoms with Crippen molar-refractivity contribution in [1.82, 2.24) is 15.3 Å². The molecule has 2 aromatic heterocycles. The van der Waals surface area contributed by atoms with Crippen LogP contribution in [0, 0.1) is 10.1 Å². The van der Waals surface area contributed by atoms with Crippen LogP contribution in [0.2, 0.25) is 15.2 Å². The van der Waals surface area contributed by atoms with Crippen molar-refractivity contribution in [2.75, 3.05) is 0 Å². The van der Waals surface area contributed by atoms with E-state index in [1.807, 2.05) is 0 Å². The smallest absolute Gasteiger partial charge is 0.471 e. The van der Waals surface area contributed by atoms with Gasteiger partial charge in [-0.15, -0.1) is 0 Å². The number of benzene rings is 2. The molecule has 11 nitrogen and oxygen atoms in total. The number of oxazole rings is 1. The number of hydrogen-bond acceptors (Lipinski definition) is 8. The van der Waals surface area contributed by atoms with E-state index in [-0.39, 0.29) is 61.4 Å². The fourth-order valence-corrected chi connectivity index (χ4v) is 4.37. The number of aromatic nitrogens is 2. The molecule has 214 valence electrons. The molecule has 0 bridgehead atoms. The number of alkyl halides is 3. The first-order chi connectivity index (χ1) is 19.2. The Morgan fingerprint density at radius 3 is 2.39 bits per heavy atom. The van der Waals surface area contributed by atoms with Crippen LogP contribution in [0.4, 0.5) is 18.9 Å². The second-order valence-electron chi connectivity index (χ2n) is 8.34. The quantitative estimate of drug-likeness (QED) is 0.128. The highest BCUT2D eigenvalue weighted by atomic mass is 35.5. The maximum absolute atomic E-state index is 12.6. The number of carbonyl (C=O) groups is 2. The summed E-state index contributed by atoms with van der Waals surface area (Å²) in [5, 5.41) is 22.1. The van der Waals surface area contributed by atoms with E-state index in [4.69, 9.17) is 44.0 Å². The first-order valence-electron chi connectivity index (χ1n) is 11.1. The lowest BCUT2D eigenvalue weighted by molar-refractivity contribution is -0.384. The average Bonchev–Trinajstić information content (AvgIpc) is 3.32. The highest BCUT2D eigenvalue weighted by Gasteiger charge is 2.41. The summed E-state index contributed by atoms with van der Waals surface area (Å²) in [7, 11) is 0. The lowest BCUT2D eigenvalue weighted by Gasteiger charge is -2.17. The highest BCUT2D eigenvalue weighted by Crippen LogP contribution is 2.37. The maximum Gasteiger partial charge on any atom is 0.471 e. The molecule has 0 aliphatic rings. The van der Waals surface area contributed by atoms with Crippen molar-refractivity contribution in [3.63, 3.8) is 0 Å². The fourth-order valence-electron chi connectivity index (χ4n) is 3.62. The van der Waals surface area contributed by atoms with Gasteiger partial charge >= 0.3 is 18.1 Å². The molecule has 0 aliphatic carbocycles. The maximum atomic E-state index is 12.6. The predicted molar refractivity (Wildman–Crippen MR) is 139 cm³/mol. The molecule has 41 heavy (non-hydrogen) atoms. The minimum atomic E-state index is -5.28. The average molecular weight is 634 g/mol. The molecule has 0 fully saturated rings. The molecule has 0 saturated carbocycles. The highest BCUT2D eigenvalue weighted by molar-refractivity contribution is 6.37. The van der Waals surface area contributed by atoms with Gasteiger partial charge in [-0.25, -0.2) is 14.8 Å². The van der Waals surface area contributed by atoms with E-state index < -0.39 is 35.4 Å². The Bertz CT molecular complexity index is 1640. The summed E-state index contributed by atoms with van der Waals surface area (Å²) in [5.74, 6) is -4.14. The minimum absolute atomic E-state index is 0.0800. The summed E-state index contributed by atoms with van der Waals surface area (Å²) in [6.45, 7) is -0.343. The molecule has 2 heterocycles. The molecule has 1 amide bonds. The van der Waals surface area contributed by atoms with E-state index >= 15 is 0 Å². The molecular formula is C24H14Cl3F3N4O7. The zero-order chi connectivity index (χ0) is 30.1. The number of nitrogens with zero attached hydrogens (tertiary/aromatic N) is 3. The predicted octanol–water partition coefficient (Wildman–Crippen LogP) is 6.01. The van der Waals surface area contributed by atoms with Crippen molar-refractivity contribution < 1.29 is 41.9 Å². The van der Waals surface area contributed by atoms with Gasteiger partial charge in [0.05, 0.1) is 20.5 Å². The van der Waals surface area contributed by atoms with Gasteiger partial charge < -0.3 is 19.6 Å². The Kier molecular flexibility index (Phi) is 8.56. The van der Waals surface area contributed by atoms with E-state index in [1.165, 1.54) is 41.8 Å². The number of carboxylic acid groups (broad SMARTS) is 1. The Morgan fingerprint density at radius 1 is 1.15 bits per heavy atom. The molecular weight excluding hydrogens is 620 g/mol. The van der Waals surface area contributed by atoms with Crippen molar-refractivity contribution in [1.29, 1.82) is 0 Å². The van der Waals surface area contributed by atoms with E-state index in [0.717, 1.165) is 0 Å². The second-order valence-corrected chi connectivity index (χ2v) is 9.54. The Morgan fingerprint density at radius 2 is 1.83 bits per heavy atom. The number of halogens is 6. The standard InChI is InChI=1S/C24H14Cl3F3N4O7/c25-14-3-10(5-17(22(35)36)33-23(37)24(28,29)30)4-15(26)20(14)40-9-12-6-13(34(38)39)7-16-19(12)41-21(32-16)11-1-2-18(27)31-8-11/h1-4,6-8,17H,5,9H2,(H,33,37)(H,35,36)/t17-/m0/s1. The first-order valence-corrected chi connectivity index (χ1v) is 12.3. The number of amides is 1. The number of aliphatic carboxylic acids is 1. The van der Waals surface area contributed by atoms with Crippen LogP contribution in [0.5, 0.6) is 5.75 Å². The van der Waals surface area contributed by atoms with E-state index in [9.17, 15) is 38.0 Å². The zero-order valence-corrected chi connectivity index (χ0v) is 22.3. The molecule has 1 atom stereocenters. The number of pyridine rings is 1. The lowest BCUT2D eigenvalue weighted by Crippen LogP contribution is -2.47. The van der Waals surface area contributed by atoms with Crippen LogP contribution in [0.1, 0.15) is 11.1 Å². The third-order valence-corrected chi connectivity index (χ3v) is 6.25. The number of nitro benzene ring substituents is 1. The summed E-state index contributed by atoms with van der Waals surface area (Å²) < 4.78 is 49.2. The van der Waals surface area contributed by atoms with Gasteiger partial charge in [0.1, 0.15) is 23.3 Å². The largest absolute Gasteiger partial charge is 0.486 e. The molecule has 4 rings (SSSR count). The number of rotatable bonds is 9. The number of ether oxygens (including phenoxy) is 1. The summed E-state index contributed by atoms with van der Waals surface area (Å²) in [6.07, 6.45) is -4.46. The van der Waals surface area contributed by atoms with Crippen LogP contribution < -0.4 is 10.1 Å². The Balaban J connectivity index is 1.60. The number of carbonyl (C=O) groups excluding carboxylic acids is 1. The number of nitrogens with one attached hydrogen (secondary N) is 1. The van der Waals surface area contributed by atoms with Crippen LogP contribution >= 0.6 is 34.8 Å². The van der Waals surface area contributed by atoms with Crippen molar-refractivity contribution in [3.05, 3.63) is 79.0 Å². The third-order valence-electron chi connectivity index (χ3n) is 5.47. The number of fused-ring (bicyclic) bond motifs is 1. The van der Waals surface area contributed by atoms with Crippen LogP contribution in [-0.2, 0) is 22.6 Å². The molecule has 0 saturated heterocycles. The van der Waals surface area contributed by atoms with Crippen LogP contribution in [-0.4, -0.2) is 44.1 Å². The van der Waals surface area contributed by atoms with Gasteiger partial charge in [-0.05, 0) is 29.8 Å². The minimum Gasteiger partial charge on any atom is -0.486 e. The Labute approximate surface area is 241 Å². The zero-order valence-electron chi connectivity index (χ0n) is 20.0. The monoisotopic (exact) mass is 632 g/mol. The lowest BCUT2D eigenvalue weighted by atomic mass is 10.1. The number of non-ortho nitro benzene ring substituents is 1. The second kappa shape index (κ2) is 11.8. The van der Waals surface area contributed by atoms with Gasteiger partial charge in [-0.3, -0.25) is 14.9 Å². The molecule has 17 heteroatoms. The van der Waals surface area contributed by atoms with Gasteiger partial charge in [0.15, 0.2) is 11.3 Å². The Hall–Kier alpha value is -4.14. The van der Waals surface area contributed by atoms with Crippen LogP contribution in [0.3, 0.4) is 0 Å². The molecule has 2 N–H and O–H groups in total. The molecule has 0 spiro atoms. The van der Waals surface area contributed by atoms with E-state index in [2.05, 4.69) is 9.97 Å². The van der Waals surface area contributed by atoms with Crippen molar-refractivity contribution in [2.24, 2.45) is 0 Å². The summed E-state index contributed by atoms with van der Waals surface area (Å²) in [6, 6.07) is 5.97. The van der Waals surface area contributed by atoms with Gasteiger partial charge in [-0.2, -0.15) is 13.2 Å². The summed E-state index contributed by atoms with van der Waals surface area (Å²) in [4.78, 5) is 41.7. The topological polar surface area (TPSA) is 158 Å². The van der Waals surface area contributed by atoms with Crippen molar-refractivity contribution >= 4 is 63.5 Å². The molecule has 0 aliphatic heterocycles.